The van der Waals surface area contributed by atoms with E-state index in [0.29, 0.717) is 6.42 Å². The lowest BCUT2D eigenvalue weighted by Crippen LogP contribution is -2.61. The van der Waals surface area contributed by atoms with Crippen LogP contribution in [0.1, 0.15) is 35.9 Å². The number of rotatable bonds is 4. The molecule has 1 aliphatic rings. The monoisotopic (exact) mass is 297 g/mol. The minimum atomic E-state index is 0.136. The lowest BCUT2D eigenvalue weighted by Gasteiger charge is -2.50. The molecule has 1 aliphatic heterocycles. The first-order valence-electron chi connectivity index (χ1n) is 7.89. The average molecular weight is 297 g/mol. The molecule has 0 radical (unpaired) electrons. The zero-order chi connectivity index (χ0) is 15.7. The molecule has 116 valence electrons. The van der Waals surface area contributed by atoms with Crippen molar-refractivity contribution >= 4 is 5.91 Å². The highest BCUT2D eigenvalue weighted by atomic mass is 16.2. The van der Waals surface area contributed by atoms with E-state index in [4.69, 9.17) is 0 Å². The minimum Gasteiger partial charge on any atom is -0.340 e. The zero-order valence-electron chi connectivity index (χ0n) is 13.5. The Hall–Kier alpha value is -2.10. The fourth-order valence-corrected chi connectivity index (χ4v) is 3.36. The van der Waals surface area contributed by atoms with Gasteiger partial charge in [-0.3, -0.25) is 9.89 Å². The van der Waals surface area contributed by atoms with Gasteiger partial charge >= 0.3 is 0 Å². The summed E-state index contributed by atoms with van der Waals surface area (Å²) in [5.74, 6) is 0.201. The summed E-state index contributed by atoms with van der Waals surface area (Å²) >= 11 is 0. The van der Waals surface area contributed by atoms with E-state index in [1.807, 2.05) is 24.8 Å². The van der Waals surface area contributed by atoms with Crippen molar-refractivity contribution in [2.75, 3.05) is 13.1 Å². The van der Waals surface area contributed by atoms with Gasteiger partial charge in [0.15, 0.2) is 0 Å². The molecular formula is C18H23N3O. The molecule has 0 spiro atoms. The third-order valence-electron chi connectivity index (χ3n) is 5.01. The summed E-state index contributed by atoms with van der Waals surface area (Å²) in [5, 5.41) is 7.12. The number of hydrogen-bond donors (Lipinski definition) is 1. The van der Waals surface area contributed by atoms with Gasteiger partial charge < -0.3 is 4.90 Å². The summed E-state index contributed by atoms with van der Waals surface area (Å²) in [6.45, 7) is 7.77. The maximum atomic E-state index is 12.5. The lowest BCUT2D eigenvalue weighted by atomic mass is 9.71. The largest absolute Gasteiger partial charge is 0.340 e. The van der Waals surface area contributed by atoms with Gasteiger partial charge in [0.2, 0.25) is 5.91 Å². The predicted molar refractivity (Wildman–Crippen MR) is 86.8 cm³/mol. The molecule has 1 aromatic carbocycles. The summed E-state index contributed by atoms with van der Waals surface area (Å²) in [6.07, 6.45) is 1.51. The highest BCUT2D eigenvalue weighted by Gasteiger charge is 2.44. The third kappa shape index (κ3) is 2.43. The molecule has 2 aromatic rings. The Kier molecular flexibility index (Phi) is 3.77. The number of aryl methyl sites for hydroxylation is 2. The van der Waals surface area contributed by atoms with Gasteiger partial charge in [-0.2, -0.15) is 5.10 Å². The second-order valence-corrected chi connectivity index (χ2v) is 6.34. The maximum absolute atomic E-state index is 12.5. The van der Waals surface area contributed by atoms with Gasteiger partial charge in [-0.05, 0) is 25.8 Å². The van der Waals surface area contributed by atoms with Crippen LogP contribution in [-0.2, 0) is 16.6 Å². The number of aromatic amines is 1. The molecule has 0 bridgehead atoms. The molecule has 1 fully saturated rings. The first kappa shape index (κ1) is 14.8. The Labute approximate surface area is 131 Å². The van der Waals surface area contributed by atoms with Crippen LogP contribution >= 0.6 is 0 Å². The number of benzene rings is 1. The normalized spacial score (nSPS) is 16.4. The third-order valence-corrected chi connectivity index (χ3v) is 5.01. The first-order chi connectivity index (χ1) is 10.6. The van der Waals surface area contributed by atoms with Crippen molar-refractivity contribution < 1.29 is 4.79 Å². The molecule has 1 saturated heterocycles. The summed E-state index contributed by atoms with van der Waals surface area (Å²) in [4.78, 5) is 14.5. The molecule has 1 N–H and O–H groups in total. The number of nitrogens with one attached hydrogen (secondary N) is 1. The first-order valence-corrected chi connectivity index (χ1v) is 7.89. The molecule has 4 heteroatoms. The van der Waals surface area contributed by atoms with Crippen LogP contribution in [0.4, 0.5) is 0 Å². The van der Waals surface area contributed by atoms with E-state index in [0.717, 1.165) is 36.5 Å². The van der Waals surface area contributed by atoms with E-state index in [1.165, 1.54) is 5.56 Å². The Morgan fingerprint density at radius 2 is 1.95 bits per heavy atom. The second-order valence-electron chi connectivity index (χ2n) is 6.34. The standard InChI is InChI=1S/C18H23N3O/c1-4-18(15-8-6-5-7-9-15)11-21(12-18)17(22)10-16-13(2)19-20-14(16)3/h5-9H,4,10-12H2,1-3H3,(H,19,20). The molecule has 1 amide bonds. The summed E-state index contributed by atoms with van der Waals surface area (Å²) in [7, 11) is 0. The fraction of sp³-hybridized carbons (Fsp3) is 0.444. The van der Waals surface area contributed by atoms with Gasteiger partial charge in [-0.25, -0.2) is 0 Å². The van der Waals surface area contributed by atoms with Gasteiger partial charge in [0.05, 0.1) is 12.1 Å². The SMILES string of the molecule is CCC1(c2ccccc2)CN(C(=O)Cc2c(C)n[nH]c2C)C1. The Bertz CT molecular complexity index is 649. The smallest absolute Gasteiger partial charge is 0.227 e. The molecule has 3 rings (SSSR count). The lowest BCUT2D eigenvalue weighted by molar-refractivity contribution is -0.138. The fourth-order valence-electron chi connectivity index (χ4n) is 3.36. The maximum Gasteiger partial charge on any atom is 0.227 e. The van der Waals surface area contributed by atoms with Gasteiger partial charge in [0.1, 0.15) is 0 Å². The molecule has 4 nitrogen and oxygen atoms in total. The number of aromatic nitrogens is 2. The molecule has 1 aromatic heterocycles. The van der Waals surface area contributed by atoms with E-state index >= 15 is 0 Å². The van der Waals surface area contributed by atoms with Crippen LogP contribution in [0.5, 0.6) is 0 Å². The van der Waals surface area contributed by atoms with Crippen LogP contribution < -0.4 is 0 Å². The van der Waals surface area contributed by atoms with E-state index in [2.05, 4.69) is 41.4 Å². The van der Waals surface area contributed by atoms with Crippen LogP contribution in [0, 0.1) is 13.8 Å². The molecule has 0 unspecified atom stereocenters. The van der Waals surface area contributed by atoms with E-state index in [9.17, 15) is 4.79 Å². The zero-order valence-corrected chi connectivity index (χ0v) is 13.5. The van der Waals surface area contributed by atoms with Crippen LogP contribution in [0.25, 0.3) is 0 Å². The van der Waals surface area contributed by atoms with Crippen molar-refractivity contribution in [1.82, 2.24) is 15.1 Å². The van der Waals surface area contributed by atoms with E-state index < -0.39 is 0 Å². The minimum absolute atomic E-state index is 0.136. The number of H-pyrrole nitrogens is 1. The number of hydrogen-bond acceptors (Lipinski definition) is 2. The van der Waals surface area contributed by atoms with Crippen molar-refractivity contribution in [3.8, 4) is 0 Å². The van der Waals surface area contributed by atoms with Crippen molar-refractivity contribution in [1.29, 1.82) is 0 Å². The second kappa shape index (κ2) is 5.59. The molecule has 2 heterocycles. The molecule has 22 heavy (non-hydrogen) atoms. The van der Waals surface area contributed by atoms with E-state index in [-0.39, 0.29) is 11.3 Å². The topological polar surface area (TPSA) is 49.0 Å². The van der Waals surface area contributed by atoms with Crippen molar-refractivity contribution in [2.24, 2.45) is 0 Å². The summed E-state index contributed by atoms with van der Waals surface area (Å²) < 4.78 is 0. The van der Waals surface area contributed by atoms with Crippen molar-refractivity contribution in [2.45, 2.75) is 39.0 Å². The number of carbonyl (C=O) groups excluding carboxylic acids is 1. The van der Waals surface area contributed by atoms with Crippen LogP contribution in [0.15, 0.2) is 30.3 Å². The van der Waals surface area contributed by atoms with Gasteiger partial charge in [0, 0.05) is 29.8 Å². The van der Waals surface area contributed by atoms with E-state index in [1.54, 1.807) is 0 Å². The molecular weight excluding hydrogens is 274 g/mol. The highest BCUT2D eigenvalue weighted by Crippen LogP contribution is 2.37. The Morgan fingerprint density at radius 3 is 2.50 bits per heavy atom. The molecule has 0 atom stereocenters. The highest BCUT2D eigenvalue weighted by molar-refractivity contribution is 5.80. The van der Waals surface area contributed by atoms with Gasteiger partial charge in [-0.1, -0.05) is 37.3 Å². The van der Waals surface area contributed by atoms with Crippen LogP contribution in [-0.4, -0.2) is 34.1 Å². The summed E-state index contributed by atoms with van der Waals surface area (Å²) in [6, 6.07) is 10.6. The van der Waals surface area contributed by atoms with Crippen LogP contribution in [0.2, 0.25) is 0 Å². The molecule has 0 aliphatic carbocycles. The Balaban J connectivity index is 1.68. The van der Waals surface area contributed by atoms with Crippen molar-refractivity contribution in [3.05, 3.63) is 52.8 Å². The molecule has 0 saturated carbocycles. The quantitative estimate of drug-likeness (QED) is 0.943. The van der Waals surface area contributed by atoms with Crippen molar-refractivity contribution in [3.63, 3.8) is 0 Å². The predicted octanol–water partition coefficient (Wildman–Crippen LogP) is 2.76. The van der Waals surface area contributed by atoms with Gasteiger partial charge in [-0.15, -0.1) is 0 Å². The number of nitrogens with zero attached hydrogens (tertiary/aromatic N) is 2. The Morgan fingerprint density at radius 1 is 1.27 bits per heavy atom. The number of amides is 1. The average Bonchev–Trinajstić information content (AvgIpc) is 2.80. The van der Waals surface area contributed by atoms with Crippen LogP contribution in [0.3, 0.4) is 0 Å². The number of likely N-dealkylation sites (tertiary alicyclic amines) is 1. The van der Waals surface area contributed by atoms with Gasteiger partial charge in [0.25, 0.3) is 0 Å². The summed E-state index contributed by atoms with van der Waals surface area (Å²) in [5.41, 5.74) is 4.44. The number of carbonyl (C=O) groups is 1.